The van der Waals surface area contributed by atoms with Gasteiger partial charge in [0.15, 0.2) is 18.1 Å². The fourth-order valence-electron chi connectivity index (χ4n) is 2.34. The molecule has 0 saturated carbocycles. The van der Waals surface area contributed by atoms with Crippen molar-refractivity contribution < 1.29 is 23.8 Å². The molecule has 1 amide bonds. The zero-order chi connectivity index (χ0) is 18.5. The fraction of sp³-hybridized carbons (Fsp3) is 0.222. The Kier molecular flexibility index (Phi) is 5.85. The van der Waals surface area contributed by atoms with E-state index in [-0.39, 0.29) is 6.42 Å². The molecule has 0 aliphatic carbocycles. The Labute approximate surface area is 159 Å². The highest BCUT2D eigenvalue weighted by molar-refractivity contribution is 6.35. The van der Waals surface area contributed by atoms with Gasteiger partial charge in [-0.3, -0.25) is 9.59 Å². The zero-order valence-corrected chi connectivity index (χ0v) is 15.1. The number of anilines is 1. The van der Waals surface area contributed by atoms with Crippen molar-refractivity contribution in [1.82, 2.24) is 0 Å². The average molecular weight is 396 g/mol. The van der Waals surface area contributed by atoms with Gasteiger partial charge in [-0.15, -0.1) is 0 Å². The van der Waals surface area contributed by atoms with Crippen molar-refractivity contribution in [2.75, 3.05) is 25.1 Å². The van der Waals surface area contributed by atoms with E-state index in [1.165, 1.54) is 0 Å². The van der Waals surface area contributed by atoms with Gasteiger partial charge < -0.3 is 19.5 Å². The number of nitrogens with one attached hydrogen (secondary N) is 1. The van der Waals surface area contributed by atoms with Crippen LogP contribution in [0.4, 0.5) is 5.69 Å². The molecule has 1 aliphatic rings. The number of halogens is 2. The summed E-state index contributed by atoms with van der Waals surface area (Å²) in [5, 5.41) is 3.48. The predicted molar refractivity (Wildman–Crippen MR) is 97.2 cm³/mol. The summed E-state index contributed by atoms with van der Waals surface area (Å²) >= 11 is 11.8. The van der Waals surface area contributed by atoms with Crippen molar-refractivity contribution in [2.45, 2.75) is 6.42 Å². The van der Waals surface area contributed by atoms with Gasteiger partial charge in [-0.05, 0) is 29.8 Å². The molecule has 1 N–H and O–H groups in total. The first-order chi connectivity index (χ1) is 12.5. The maximum atomic E-state index is 11.9. The third-order valence-corrected chi connectivity index (χ3v) is 4.13. The average Bonchev–Trinajstić information content (AvgIpc) is 2.62. The normalized spacial score (nSPS) is 12.4. The van der Waals surface area contributed by atoms with E-state index in [2.05, 4.69) is 5.32 Å². The van der Waals surface area contributed by atoms with E-state index in [4.69, 9.17) is 37.4 Å². The standard InChI is InChI=1S/C18H15Cl2NO5/c19-12-2-1-11(14(20)8-12)7-18(23)26-10-17(22)21-13-3-4-15-16(9-13)25-6-5-24-15/h1-4,8-9H,5-7,10H2,(H,21,22). The Morgan fingerprint density at radius 2 is 1.81 bits per heavy atom. The number of hydrogen-bond acceptors (Lipinski definition) is 5. The van der Waals surface area contributed by atoms with Crippen molar-refractivity contribution >= 4 is 40.8 Å². The SMILES string of the molecule is O=C(COC(=O)Cc1ccc(Cl)cc1Cl)Nc1ccc2c(c1)OCCO2. The van der Waals surface area contributed by atoms with Crippen molar-refractivity contribution in [3.63, 3.8) is 0 Å². The summed E-state index contributed by atoms with van der Waals surface area (Å²) < 4.78 is 15.8. The first-order valence-electron chi connectivity index (χ1n) is 7.80. The quantitative estimate of drug-likeness (QED) is 0.784. The molecule has 0 atom stereocenters. The topological polar surface area (TPSA) is 73.9 Å². The summed E-state index contributed by atoms with van der Waals surface area (Å²) in [6.45, 7) is 0.542. The maximum absolute atomic E-state index is 11.9. The van der Waals surface area contributed by atoms with Crippen LogP contribution in [-0.4, -0.2) is 31.7 Å². The molecule has 8 heteroatoms. The zero-order valence-electron chi connectivity index (χ0n) is 13.6. The first-order valence-corrected chi connectivity index (χ1v) is 8.56. The number of amides is 1. The minimum Gasteiger partial charge on any atom is -0.486 e. The molecule has 26 heavy (non-hydrogen) atoms. The summed E-state index contributed by atoms with van der Waals surface area (Å²) in [7, 11) is 0. The van der Waals surface area contributed by atoms with Crippen LogP contribution in [0, 0.1) is 0 Å². The Balaban J connectivity index is 1.50. The molecular formula is C18H15Cl2NO5. The van der Waals surface area contributed by atoms with Crippen LogP contribution in [0.25, 0.3) is 0 Å². The van der Waals surface area contributed by atoms with Crippen molar-refractivity contribution in [2.24, 2.45) is 0 Å². The lowest BCUT2D eigenvalue weighted by Crippen LogP contribution is -2.22. The Bertz CT molecular complexity index is 840. The van der Waals surface area contributed by atoms with Crippen LogP contribution in [0.3, 0.4) is 0 Å². The molecule has 3 rings (SSSR count). The Morgan fingerprint density at radius 3 is 2.58 bits per heavy atom. The third-order valence-electron chi connectivity index (χ3n) is 3.54. The largest absolute Gasteiger partial charge is 0.486 e. The molecule has 2 aromatic rings. The lowest BCUT2D eigenvalue weighted by Gasteiger charge is -2.19. The van der Waals surface area contributed by atoms with Gasteiger partial charge in [0.25, 0.3) is 5.91 Å². The van der Waals surface area contributed by atoms with E-state index >= 15 is 0 Å². The van der Waals surface area contributed by atoms with Crippen molar-refractivity contribution in [3.8, 4) is 11.5 Å². The van der Waals surface area contributed by atoms with Crippen LogP contribution in [-0.2, 0) is 20.7 Å². The highest BCUT2D eigenvalue weighted by Crippen LogP contribution is 2.32. The number of carbonyl (C=O) groups is 2. The summed E-state index contributed by atoms with van der Waals surface area (Å²) in [5.41, 5.74) is 1.10. The molecule has 1 heterocycles. The monoisotopic (exact) mass is 395 g/mol. The molecule has 0 aromatic heterocycles. The second-order valence-corrected chi connectivity index (χ2v) is 6.32. The van der Waals surface area contributed by atoms with E-state index in [0.717, 1.165) is 0 Å². The van der Waals surface area contributed by atoms with E-state index in [1.54, 1.807) is 36.4 Å². The number of carbonyl (C=O) groups excluding carboxylic acids is 2. The lowest BCUT2D eigenvalue weighted by molar-refractivity contribution is -0.146. The van der Waals surface area contributed by atoms with Crippen molar-refractivity contribution in [3.05, 3.63) is 52.0 Å². The van der Waals surface area contributed by atoms with Crippen LogP contribution in [0.2, 0.25) is 10.0 Å². The molecule has 1 aliphatic heterocycles. The molecule has 0 bridgehead atoms. The fourth-order valence-corrected chi connectivity index (χ4v) is 2.81. The maximum Gasteiger partial charge on any atom is 0.310 e. The molecule has 136 valence electrons. The smallest absolute Gasteiger partial charge is 0.310 e. The number of hydrogen-bond donors (Lipinski definition) is 1. The first kappa shape index (κ1) is 18.4. The molecular weight excluding hydrogens is 381 g/mol. The number of ether oxygens (including phenoxy) is 3. The summed E-state index contributed by atoms with van der Waals surface area (Å²) in [6.07, 6.45) is -0.0483. The molecule has 0 unspecified atom stereocenters. The van der Waals surface area contributed by atoms with Gasteiger partial charge in [0.2, 0.25) is 0 Å². The van der Waals surface area contributed by atoms with Crippen LogP contribution in [0.5, 0.6) is 11.5 Å². The molecule has 2 aromatic carbocycles. The summed E-state index contributed by atoms with van der Waals surface area (Å²) in [6, 6.07) is 9.85. The number of fused-ring (bicyclic) bond motifs is 1. The second-order valence-electron chi connectivity index (χ2n) is 5.48. The van der Waals surface area contributed by atoms with Gasteiger partial charge in [-0.25, -0.2) is 0 Å². The highest BCUT2D eigenvalue weighted by Gasteiger charge is 2.14. The predicted octanol–water partition coefficient (Wildman–Crippen LogP) is 3.49. The highest BCUT2D eigenvalue weighted by atomic mass is 35.5. The molecule has 0 spiro atoms. The van der Waals surface area contributed by atoms with Crippen LogP contribution >= 0.6 is 23.2 Å². The summed E-state index contributed by atoms with van der Waals surface area (Å²) in [5.74, 6) is 0.160. The van der Waals surface area contributed by atoms with E-state index in [0.29, 0.717) is 46.0 Å². The van der Waals surface area contributed by atoms with Gasteiger partial charge in [0.05, 0.1) is 6.42 Å². The second kappa shape index (κ2) is 8.29. The molecule has 0 saturated heterocycles. The number of benzene rings is 2. The lowest BCUT2D eigenvalue weighted by atomic mass is 10.1. The molecule has 0 radical (unpaired) electrons. The Morgan fingerprint density at radius 1 is 1.04 bits per heavy atom. The number of rotatable bonds is 5. The molecule has 0 fully saturated rings. The van der Waals surface area contributed by atoms with Gasteiger partial charge in [-0.2, -0.15) is 0 Å². The minimum absolute atomic E-state index is 0.0483. The molecule has 6 nitrogen and oxygen atoms in total. The third kappa shape index (κ3) is 4.80. The van der Waals surface area contributed by atoms with E-state index < -0.39 is 18.5 Å². The van der Waals surface area contributed by atoms with Crippen LogP contribution < -0.4 is 14.8 Å². The summed E-state index contributed by atoms with van der Waals surface area (Å²) in [4.78, 5) is 23.8. The van der Waals surface area contributed by atoms with Crippen LogP contribution in [0.1, 0.15) is 5.56 Å². The van der Waals surface area contributed by atoms with Crippen LogP contribution in [0.15, 0.2) is 36.4 Å². The van der Waals surface area contributed by atoms with Gasteiger partial charge in [0.1, 0.15) is 13.2 Å². The van der Waals surface area contributed by atoms with Gasteiger partial charge >= 0.3 is 5.97 Å². The minimum atomic E-state index is -0.563. The van der Waals surface area contributed by atoms with Crippen molar-refractivity contribution in [1.29, 1.82) is 0 Å². The Hall–Kier alpha value is -2.44. The number of esters is 1. The van der Waals surface area contributed by atoms with Gasteiger partial charge in [-0.1, -0.05) is 29.3 Å². The van der Waals surface area contributed by atoms with E-state index in [9.17, 15) is 9.59 Å². The van der Waals surface area contributed by atoms with E-state index in [1.807, 2.05) is 0 Å². The van der Waals surface area contributed by atoms with Gasteiger partial charge in [0, 0.05) is 21.8 Å².